The Morgan fingerprint density at radius 3 is 1.72 bits per heavy atom. The molecule has 0 unspecified atom stereocenters. The highest BCUT2D eigenvalue weighted by Crippen LogP contribution is 2.69. The van der Waals surface area contributed by atoms with Gasteiger partial charge in [-0.15, -0.1) is 0 Å². The molecule has 0 saturated heterocycles. The smallest absolute Gasteiger partial charge is 0.256 e. The SMILES string of the molecule is CC12CCC(OS(=O)(=O)C(F)(F)F)(CC1)C2(C)C. The molecule has 0 N–H and O–H groups in total. The van der Waals surface area contributed by atoms with Gasteiger partial charge in [0.25, 0.3) is 0 Å². The topological polar surface area (TPSA) is 43.4 Å². The van der Waals surface area contributed by atoms with Crippen LogP contribution in [0.3, 0.4) is 0 Å². The lowest BCUT2D eigenvalue weighted by atomic mass is 9.70. The van der Waals surface area contributed by atoms with Crippen LogP contribution in [0.2, 0.25) is 0 Å². The van der Waals surface area contributed by atoms with E-state index in [9.17, 15) is 21.6 Å². The summed E-state index contributed by atoms with van der Waals surface area (Å²) in [4.78, 5) is 0. The van der Waals surface area contributed by atoms with E-state index >= 15 is 0 Å². The first kappa shape index (κ1) is 14.1. The molecule has 0 aromatic carbocycles. The summed E-state index contributed by atoms with van der Waals surface area (Å²) in [7, 11) is -5.52. The van der Waals surface area contributed by atoms with Gasteiger partial charge in [0.15, 0.2) is 0 Å². The average Bonchev–Trinajstić information content (AvgIpc) is 2.46. The van der Waals surface area contributed by atoms with Crippen LogP contribution in [-0.4, -0.2) is 19.5 Å². The normalized spacial score (nSPS) is 39.2. The molecule has 3 nitrogen and oxygen atoms in total. The summed E-state index contributed by atoms with van der Waals surface area (Å²) in [6.07, 6.45) is 2.14. The van der Waals surface area contributed by atoms with Crippen molar-refractivity contribution < 1.29 is 25.8 Å². The number of halogens is 3. The third kappa shape index (κ3) is 1.56. The molecule has 0 heterocycles. The van der Waals surface area contributed by atoms with Crippen LogP contribution >= 0.6 is 0 Å². The molecule has 7 heteroatoms. The molecular formula is C11H17F3O3S. The van der Waals surface area contributed by atoms with E-state index in [4.69, 9.17) is 0 Å². The molecule has 18 heavy (non-hydrogen) atoms. The molecule has 0 atom stereocenters. The summed E-state index contributed by atoms with van der Waals surface area (Å²) in [5, 5.41) is 0. The van der Waals surface area contributed by atoms with Crippen molar-refractivity contribution in [3.63, 3.8) is 0 Å². The highest BCUT2D eigenvalue weighted by molar-refractivity contribution is 7.87. The average molecular weight is 286 g/mol. The Balaban J connectivity index is 2.37. The van der Waals surface area contributed by atoms with E-state index < -0.39 is 26.6 Å². The Bertz CT molecular complexity index is 456. The molecule has 0 aliphatic heterocycles. The van der Waals surface area contributed by atoms with Crippen molar-refractivity contribution in [2.24, 2.45) is 10.8 Å². The van der Waals surface area contributed by atoms with E-state index in [0.29, 0.717) is 25.7 Å². The van der Waals surface area contributed by atoms with Crippen molar-refractivity contribution >= 4 is 10.1 Å². The molecule has 0 amide bonds. The molecule has 2 rings (SSSR count). The monoisotopic (exact) mass is 286 g/mol. The first-order chi connectivity index (χ1) is 7.87. The minimum absolute atomic E-state index is 0.145. The van der Waals surface area contributed by atoms with Crippen LogP contribution < -0.4 is 0 Å². The van der Waals surface area contributed by atoms with Gasteiger partial charge in [-0.2, -0.15) is 21.6 Å². The molecular weight excluding hydrogens is 269 g/mol. The molecule has 2 aliphatic carbocycles. The number of hydrogen-bond donors (Lipinski definition) is 0. The van der Waals surface area contributed by atoms with Crippen molar-refractivity contribution in [3.05, 3.63) is 0 Å². The van der Waals surface area contributed by atoms with E-state index in [1.54, 1.807) is 13.8 Å². The lowest BCUT2D eigenvalue weighted by Crippen LogP contribution is -2.46. The van der Waals surface area contributed by atoms with Gasteiger partial charge in [-0.3, -0.25) is 4.18 Å². The maximum absolute atomic E-state index is 12.4. The van der Waals surface area contributed by atoms with Gasteiger partial charge in [0.2, 0.25) is 0 Å². The van der Waals surface area contributed by atoms with Gasteiger partial charge in [0.05, 0.1) is 5.60 Å². The summed E-state index contributed by atoms with van der Waals surface area (Å²) >= 11 is 0. The lowest BCUT2D eigenvalue weighted by molar-refractivity contribution is -0.0785. The first-order valence-corrected chi connectivity index (χ1v) is 7.30. The Kier molecular flexibility index (Phi) is 2.68. The van der Waals surface area contributed by atoms with Crippen molar-refractivity contribution in [1.29, 1.82) is 0 Å². The van der Waals surface area contributed by atoms with Gasteiger partial charge in [0, 0.05) is 5.41 Å². The number of rotatable bonds is 2. The zero-order valence-electron chi connectivity index (χ0n) is 10.6. The summed E-state index contributed by atoms with van der Waals surface area (Å²) in [6.45, 7) is 5.60. The van der Waals surface area contributed by atoms with Crippen LogP contribution in [0.4, 0.5) is 13.2 Å². The molecule has 2 saturated carbocycles. The number of hydrogen-bond acceptors (Lipinski definition) is 3. The Morgan fingerprint density at radius 1 is 1.00 bits per heavy atom. The van der Waals surface area contributed by atoms with Gasteiger partial charge in [-0.25, -0.2) is 0 Å². The standard InChI is InChI=1S/C11H17F3O3S/c1-8(2)9(3)4-6-10(8,7-5-9)17-18(15,16)11(12,13)14/h4-7H2,1-3H3. The zero-order valence-corrected chi connectivity index (χ0v) is 11.4. The van der Waals surface area contributed by atoms with Crippen LogP contribution in [0.25, 0.3) is 0 Å². The maximum atomic E-state index is 12.4. The molecule has 106 valence electrons. The van der Waals surface area contributed by atoms with Crippen LogP contribution in [0.1, 0.15) is 46.5 Å². The second kappa shape index (κ2) is 3.42. The highest BCUT2D eigenvalue weighted by atomic mass is 32.2. The van der Waals surface area contributed by atoms with E-state index in [1.807, 2.05) is 6.92 Å². The van der Waals surface area contributed by atoms with Crippen molar-refractivity contribution in [1.82, 2.24) is 0 Å². The van der Waals surface area contributed by atoms with Crippen molar-refractivity contribution in [2.45, 2.75) is 57.6 Å². The van der Waals surface area contributed by atoms with E-state index in [2.05, 4.69) is 4.18 Å². The molecule has 2 aliphatic rings. The van der Waals surface area contributed by atoms with Crippen LogP contribution in [0.5, 0.6) is 0 Å². The quantitative estimate of drug-likeness (QED) is 0.578. The van der Waals surface area contributed by atoms with Gasteiger partial charge in [-0.1, -0.05) is 20.8 Å². The van der Waals surface area contributed by atoms with Crippen LogP contribution in [0.15, 0.2) is 0 Å². The van der Waals surface area contributed by atoms with E-state index in [1.165, 1.54) is 0 Å². The van der Waals surface area contributed by atoms with E-state index in [0.717, 1.165) is 0 Å². The predicted molar refractivity (Wildman–Crippen MR) is 59.1 cm³/mol. The molecule has 0 spiro atoms. The van der Waals surface area contributed by atoms with Gasteiger partial charge >= 0.3 is 15.6 Å². The van der Waals surface area contributed by atoms with Crippen LogP contribution in [0, 0.1) is 10.8 Å². The molecule has 2 bridgehead atoms. The van der Waals surface area contributed by atoms with Gasteiger partial charge in [0.1, 0.15) is 0 Å². The molecule has 2 fully saturated rings. The summed E-state index contributed by atoms with van der Waals surface area (Å²) in [6, 6.07) is 0. The fraction of sp³-hybridized carbons (Fsp3) is 1.00. The van der Waals surface area contributed by atoms with E-state index in [-0.39, 0.29) is 5.41 Å². The Morgan fingerprint density at radius 2 is 1.44 bits per heavy atom. The number of alkyl halides is 3. The fourth-order valence-corrected chi connectivity index (χ4v) is 4.34. The first-order valence-electron chi connectivity index (χ1n) is 5.89. The van der Waals surface area contributed by atoms with Crippen molar-refractivity contribution in [2.75, 3.05) is 0 Å². The Labute approximate surface area is 105 Å². The number of fused-ring (bicyclic) bond motifs is 2. The predicted octanol–water partition coefficient (Wildman–Crippen LogP) is 3.21. The third-order valence-electron chi connectivity index (χ3n) is 5.36. The Hall–Kier alpha value is -0.300. The third-order valence-corrected chi connectivity index (χ3v) is 6.47. The summed E-state index contributed by atoms with van der Waals surface area (Å²) < 4.78 is 64.5. The largest absolute Gasteiger partial charge is 0.523 e. The zero-order chi connectivity index (χ0) is 14.0. The second-order valence-electron chi connectivity index (χ2n) is 6.16. The fourth-order valence-electron chi connectivity index (χ4n) is 3.45. The minimum Gasteiger partial charge on any atom is -0.256 e. The molecule has 0 radical (unpaired) electrons. The summed E-state index contributed by atoms with van der Waals surface area (Å²) in [5.74, 6) is 0. The summed E-state index contributed by atoms with van der Waals surface area (Å²) in [5.41, 5.74) is -7.26. The molecule has 0 aromatic heterocycles. The molecule has 0 aromatic rings. The second-order valence-corrected chi connectivity index (χ2v) is 7.70. The lowest BCUT2D eigenvalue weighted by Gasteiger charge is -2.40. The maximum Gasteiger partial charge on any atom is 0.523 e. The highest BCUT2D eigenvalue weighted by Gasteiger charge is 2.69. The van der Waals surface area contributed by atoms with Gasteiger partial charge in [-0.05, 0) is 31.1 Å². The van der Waals surface area contributed by atoms with Gasteiger partial charge < -0.3 is 0 Å². The van der Waals surface area contributed by atoms with Crippen molar-refractivity contribution in [3.8, 4) is 0 Å². The minimum atomic E-state index is -5.52. The van der Waals surface area contributed by atoms with Crippen LogP contribution in [-0.2, 0) is 14.3 Å².